The summed E-state index contributed by atoms with van der Waals surface area (Å²) in [5, 5.41) is 13.2. The first-order chi connectivity index (χ1) is 7.20. The fourth-order valence-corrected chi connectivity index (χ4v) is 1.46. The second-order valence-electron chi connectivity index (χ2n) is 3.19. The summed E-state index contributed by atoms with van der Waals surface area (Å²) < 4.78 is 4.93. The average Bonchev–Trinajstić information content (AvgIpc) is 2.19. The van der Waals surface area contributed by atoms with Gasteiger partial charge < -0.3 is 14.8 Å². The highest BCUT2D eigenvalue weighted by molar-refractivity contribution is 5.85. The minimum atomic E-state index is -0.545. The third kappa shape index (κ3) is 1.79. The first kappa shape index (κ1) is 9.58. The second-order valence-corrected chi connectivity index (χ2v) is 3.19. The Bertz CT molecular complexity index is 545. The zero-order chi connectivity index (χ0) is 10.8. The molecule has 4 heteroatoms. The molecule has 15 heavy (non-hydrogen) atoms. The van der Waals surface area contributed by atoms with Crippen molar-refractivity contribution in [1.82, 2.24) is 0 Å². The average molecular weight is 205 g/mol. The Hall–Kier alpha value is -1.97. The molecule has 1 heterocycles. The first-order valence-corrected chi connectivity index (χ1v) is 4.71. The van der Waals surface area contributed by atoms with Gasteiger partial charge in [0.15, 0.2) is 0 Å². The monoisotopic (exact) mass is 205 g/mol. The number of rotatable bonds is 2. The van der Waals surface area contributed by atoms with E-state index in [-0.39, 0.29) is 5.75 Å². The Morgan fingerprint density at radius 2 is 2.20 bits per heavy atom. The molecule has 1 aromatic carbocycles. The Labute approximate surface area is 86.2 Å². The van der Waals surface area contributed by atoms with E-state index in [1.165, 1.54) is 0 Å². The lowest BCUT2D eigenvalue weighted by molar-refractivity contribution is 0.468. The zero-order valence-corrected chi connectivity index (χ0v) is 8.28. The van der Waals surface area contributed by atoms with Crippen LogP contribution in [0.2, 0.25) is 0 Å². The van der Waals surface area contributed by atoms with Gasteiger partial charge in [-0.15, -0.1) is 0 Å². The third-order valence-corrected chi connectivity index (χ3v) is 2.10. The highest BCUT2D eigenvalue weighted by Crippen LogP contribution is 2.25. The van der Waals surface area contributed by atoms with Crippen molar-refractivity contribution < 1.29 is 9.52 Å². The van der Waals surface area contributed by atoms with E-state index in [1.807, 2.05) is 6.92 Å². The third-order valence-electron chi connectivity index (χ3n) is 2.10. The van der Waals surface area contributed by atoms with Crippen molar-refractivity contribution in [2.75, 3.05) is 11.9 Å². The summed E-state index contributed by atoms with van der Waals surface area (Å²) in [4.78, 5) is 11.0. The highest BCUT2D eigenvalue weighted by Gasteiger charge is 2.04. The van der Waals surface area contributed by atoms with Crippen molar-refractivity contribution in [3.63, 3.8) is 0 Å². The maximum Gasteiger partial charge on any atom is 0.339 e. The molecule has 0 aliphatic carbocycles. The van der Waals surface area contributed by atoms with Crippen LogP contribution in [0.4, 0.5) is 5.69 Å². The lowest BCUT2D eigenvalue weighted by atomic mass is 10.2. The van der Waals surface area contributed by atoms with Crippen LogP contribution in [0.3, 0.4) is 0 Å². The van der Waals surface area contributed by atoms with Crippen LogP contribution in [-0.2, 0) is 0 Å². The molecule has 0 atom stereocenters. The molecule has 2 aromatic rings. The van der Waals surface area contributed by atoms with E-state index < -0.39 is 5.63 Å². The van der Waals surface area contributed by atoms with Crippen LogP contribution in [0.1, 0.15) is 6.92 Å². The number of aromatic hydroxyl groups is 1. The topological polar surface area (TPSA) is 62.5 Å². The Kier molecular flexibility index (Phi) is 2.33. The fraction of sp³-hybridized carbons (Fsp3) is 0.182. The van der Waals surface area contributed by atoms with Crippen molar-refractivity contribution in [2.24, 2.45) is 0 Å². The van der Waals surface area contributed by atoms with Gasteiger partial charge in [0, 0.05) is 12.2 Å². The normalized spacial score (nSPS) is 10.5. The van der Waals surface area contributed by atoms with Crippen molar-refractivity contribution in [1.29, 1.82) is 0 Å². The van der Waals surface area contributed by atoms with E-state index in [4.69, 9.17) is 4.42 Å². The Balaban J connectivity index is 2.66. The number of nitrogens with one attached hydrogen (secondary N) is 1. The molecule has 0 saturated heterocycles. The number of fused-ring (bicyclic) bond motifs is 1. The first-order valence-electron chi connectivity index (χ1n) is 4.71. The lowest BCUT2D eigenvalue weighted by Crippen LogP contribution is -1.98. The molecule has 1 aromatic heterocycles. The summed E-state index contributed by atoms with van der Waals surface area (Å²) in [7, 11) is 0. The van der Waals surface area contributed by atoms with Gasteiger partial charge in [-0.05, 0) is 25.1 Å². The number of benzene rings is 1. The van der Waals surface area contributed by atoms with E-state index >= 15 is 0 Å². The van der Waals surface area contributed by atoms with E-state index in [1.54, 1.807) is 18.2 Å². The number of anilines is 1. The molecular weight excluding hydrogens is 194 g/mol. The van der Waals surface area contributed by atoms with Gasteiger partial charge in [0.05, 0.1) is 11.5 Å². The molecule has 2 rings (SSSR count). The van der Waals surface area contributed by atoms with Crippen molar-refractivity contribution in [3.8, 4) is 5.75 Å². The maximum absolute atomic E-state index is 11.0. The smallest absolute Gasteiger partial charge is 0.339 e. The van der Waals surface area contributed by atoms with Crippen molar-refractivity contribution >= 4 is 16.7 Å². The molecule has 0 spiro atoms. The molecule has 0 unspecified atom stereocenters. The molecule has 4 nitrogen and oxygen atoms in total. The minimum Gasteiger partial charge on any atom is -0.507 e. The second kappa shape index (κ2) is 3.65. The van der Waals surface area contributed by atoms with Gasteiger partial charge in [-0.2, -0.15) is 0 Å². The summed E-state index contributed by atoms with van der Waals surface area (Å²) >= 11 is 0. The fourth-order valence-electron chi connectivity index (χ4n) is 1.46. The van der Waals surface area contributed by atoms with Crippen LogP contribution in [0.15, 0.2) is 33.5 Å². The maximum atomic E-state index is 11.0. The van der Waals surface area contributed by atoms with Gasteiger partial charge in [-0.25, -0.2) is 4.79 Å². The summed E-state index contributed by atoms with van der Waals surface area (Å²) in [5.41, 5.74) is 0.729. The van der Waals surface area contributed by atoms with Gasteiger partial charge in [-0.3, -0.25) is 0 Å². The van der Waals surface area contributed by atoms with E-state index in [2.05, 4.69) is 5.32 Å². The summed E-state index contributed by atoms with van der Waals surface area (Å²) in [6.07, 6.45) is 0. The van der Waals surface area contributed by atoms with Crippen molar-refractivity contribution in [3.05, 3.63) is 34.7 Å². The van der Waals surface area contributed by atoms with Crippen LogP contribution in [-0.4, -0.2) is 11.7 Å². The molecule has 0 saturated carbocycles. The summed E-state index contributed by atoms with van der Waals surface area (Å²) in [5.74, 6) is -0.0546. The van der Waals surface area contributed by atoms with Crippen LogP contribution >= 0.6 is 0 Å². The van der Waals surface area contributed by atoms with Gasteiger partial charge in [-0.1, -0.05) is 0 Å². The Morgan fingerprint density at radius 3 is 2.93 bits per heavy atom. The standard InChI is InChI=1S/C11H11NO3/c1-2-12-7-3-4-10-8(5-7)9(13)6-11(14)15-10/h3-6,12-13H,2H2,1H3. The largest absolute Gasteiger partial charge is 0.507 e. The lowest BCUT2D eigenvalue weighted by Gasteiger charge is -2.04. The summed E-state index contributed by atoms with van der Waals surface area (Å²) in [6, 6.07) is 6.28. The zero-order valence-electron chi connectivity index (χ0n) is 8.28. The van der Waals surface area contributed by atoms with Gasteiger partial charge >= 0.3 is 5.63 Å². The predicted octanol–water partition coefficient (Wildman–Crippen LogP) is 1.93. The SMILES string of the molecule is CCNc1ccc2oc(=O)cc(O)c2c1. The molecule has 0 amide bonds. The molecule has 0 radical (unpaired) electrons. The number of hydrogen-bond acceptors (Lipinski definition) is 4. The van der Waals surface area contributed by atoms with E-state index in [0.717, 1.165) is 18.3 Å². The van der Waals surface area contributed by atoms with Crippen LogP contribution in [0, 0.1) is 0 Å². The molecule has 0 bridgehead atoms. The molecule has 2 N–H and O–H groups in total. The van der Waals surface area contributed by atoms with Crippen LogP contribution in [0.5, 0.6) is 5.75 Å². The van der Waals surface area contributed by atoms with E-state index in [0.29, 0.717) is 11.0 Å². The molecule has 0 aliphatic heterocycles. The van der Waals surface area contributed by atoms with Gasteiger partial charge in [0.2, 0.25) is 0 Å². The minimum absolute atomic E-state index is 0.0546. The van der Waals surface area contributed by atoms with E-state index in [9.17, 15) is 9.90 Å². The highest BCUT2D eigenvalue weighted by atomic mass is 16.4. The predicted molar refractivity (Wildman–Crippen MR) is 58.3 cm³/mol. The quantitative estimate of drug-likeness (QED) is 0.735. The number of hydrogen-bond donors (Lipinski definition) is 2. The van der Waals surface area contributed by atoms with Gasteiger partial charge in [0.25, 0.3) is 0 Å². The van der Waals surface area contributed by atoms with Crippen LogP contribution in [0.25, 0.3) is 11.0 Å². The molecule has 0 aliphatic rings. The molecular formula is C11H11NO3. The van der Waals surface area contributed by atoms with Crippen molar-refractivity contribution in [2.45, 2.75) is 6.92 Å². The van der Waals surface area contributed by atoms with Crippen LogP contribution < -0.4 is 10.9 Å². The Morgan fingerprint density at radius 1 is 1.40 bits per heavy atom. The summed E-state index contributed by atoms with van der Waals surface area (Å²) in [6.45, 7) is 2.78. The molecule has 78 valence electrons. The molecule has 0 fully saturated rings. The van der Waals surface area contributed by atoms with Gasteiger partial charge in [0.1, 0.15) is 11.3 Å².